The Kier molecular flexibility index (Phi) is 3.68. The Morgan fingerprint density at radius 3 is 2.72 bits per heavy atom. The van der Waals surface area contributed by atoms with E-state index in [4.69, 9.17) is 5.73 Å². The van der Waals surface area contributed by atoms with Crippen LogP contribution in [0.25, 0.3) is 0 Å². The van der Waals surface area contributed by atoms with Gasteiger partial charge in [-0.05, 0) is 47.1 Å². The van der Waals surface area contributed by atoms with Crippen LogP contribution in [0.4, 0.5) is 15.8 Å². The van der Waals surface area contributed by atoms with E-state index in [0.29, 0.717) is 20.7 Å². The molecule has 0 atom stereocenters. The first-order chi connectivity index (χ1) is 8.47. The summed E-state index contributed by atoms with van der Waals surface area (Å²) in [6, 6.07) is 5.71. The Morgan fingerprint density at radius 2 is 2.17 bits per heavy atom. The highest BCUT2D eigenvalue weighted by atomic mass is 79.9. The molecule has 0 unspecified atom stereocenters. The number of nitrogens with two attached hydrogens (primary N) is 1. The fourth-order valence-electron chi connectivity index (χ4n) is 1.38. The molecule has 0 spiro atoms. The SMILES string of the molecule is Cc1sc(C(=O)Nc2ccc(F)cc2Br)cc1N. The zero-order chi connectivity index (χ0) is 13.3. The Bertz CT molecular complexity index is 593. The number of amides is 1. The van der Waals surface area contributed by atoms with Crippen LogP contribution in [0.3, 0.4) is 0 Å². The van der Waals surface area contributed by atoms with Gasteiger partial charge < -0.3 is 11.1 Å². The number of halogens is 2. The van der Waals surface area contributed by atoms with E-state index in [-0.39, 0.29) is 11.7 Å². The third kappa shape index (κ3) is 2.70. The van der Waals surface area contributed by atoms with Crippen LogP contribution in [0.5, 0.6) is 0 Å². The third-order valence-electron chi connectivity index (χ3n) is 2.36. The number of nitrogens with one attached hydrogen (secondary N) is 1. The number of rotatable bonds is 2. The molecule has 1 aromatic carbocycles. The minimum Gasteiger partial charge on any atom is -0.398 e. The molecule has 0 radical (unpaired) electrons. The molecule has 0 fully saturated rings. The summed E-state index contributed by atoms with van der Waals surface area (Å²) in [7, 11) is 0. The van der Waals surface area contributed by atoms with Gasteiger partial charge in [-0.25, -0.2) is 4.39 Å². The second-order valence-corrected chi connectivity index (χ2v) is 5.81. The normalized spacial score (nSPS) is 10.4. The number of carbonyl (C=O) groups is 1. The van der Waals surface area contributed by atoms with Crippen molar-refractivity contribution in [3.63, 3.8) is 0 Å². The van der Waals surface area contributed by atoms with Gasteiger partial charge in [0.25, 0.3) is 5.91 Å². The number of thiophene rings is 1. The monoisotopic (exact) mass is 328 g/mol. The summed E-state index contributed by atoms with van der Waals surface area (Å²) >= 11 is 4.52. The maximum Gasteiger partial charge on any atom is 0.265 e. The number of benzene rings is 1. The van der Waals surface area contributed by atoms with Crippen molar-refractivity contribution in [1.82, 2.24) is 0 Å². The van der Waals surface area contributed by atoms with Crippen LogP contribution in [-0.2, 0) is 0 Å². The molecule has 0 aliphatic carbocycles. The molecule has 0 aliphatic rings. The zero-order valence-electron chi connectivity index (χ0n) is 9.46. The van der Waals surface area contributed by atoms with E-state index < -0.39 is 0 Å². The molecule has 0 bridgehead atoms. The largest absolute Gasteiger partial charge is 0.398 e. The molecule has 0 saturated heterocycles. The van der Waals surface area contributed by atoms with Crippen molar-refractivity contribution >= 4 is 44.5 Å². The topological polar surface area (TPSA) is 55.1 Å². The molecule has 1 heterocycles. The quantitative estimate of drug-likeness (QED) is 0.881. The van der Waals surface area contributed by atoms with E-state index in [0.717, 1.165) is 4.88 Å². The number of anilines is 2. The lowest BCUT2D eigenvalue weighted by molar-refractivity contribution is 0.103. The highest BCUT2D eigenvalue weighted by Crippen LogP contribution is 2.27. The highest BCUT2D eigenvalue weighted by Gasteiger charge is 2.12. The molecule has 0 saturated carbocycles. The first kappa shape index (κ1) is 13.0. The average Bonchev–Trinajstić information content (AvgIpc) is 2.63. The molecule has 2 aromatic rings. The predicted molar refractivity (Wildman–Crippen MR) is 75.5 cm³/mol. The van der Waals surface area contributed by atoms with Crippen LogP contribution in [-0.4, -0.2) is 5.91 Å². The predicted octanol–water partition coefficient (Wildman–Crippen LogP) is 3.79. The molecular weight excluding hydrogens is 319 g/mol. The van der Waals surface area contributed by atoms with Gasteiger partial charge >= 0.3 is 0 Å². The van der Waals surface area contributed by atoms with E-state index in [1.54, 1.807) is 6.07 Å². The Morgan fingerprint density at radius 1 is 1.44 bits per heavy atom. The molecule has 2 rings (SSSR count). The van der Waals surface area contributed by atoms with Gasteiger partial charge in [0.15, 0.2) is 0 Å². The number of carbonyl (C=O) groups excluding carboxylic acids is 1. The third-order valence-corrected chi connectivity index (χ3v) is 4.08. The lowest BCUT2D eigenvalue weighted by Gasteiger charge is -2.05. The summed E-state index contributed by atoms with van der Waals surface area (Å²) in [6.07, 6.45) is 0. The van der Waals surface area contributed by atoms with Crippen molar-refractivity contribution < 1.29 is 9.18 Å². The number of nitrogen functional groups attached to an aromatic ring is 1. The van der Waals surface area contributed by atoms with Crippen LogP contribution in [0.1, 0.15) is 14.5 Å². The van der Waals surface area contributed by atoms with Crippen LogP contribution in [0, 0.1) is 12.7 Å². The van der Waals surface area contributed by atoms with Gasteiger partial charge in [0.2, 0.25) is 0 Å². The van der Waals surface area contributed by atoms with Crippen molar-refractivity contribution in [3.8, 4) is 0 Å². The summed E-state index contributed by atoms with van der Waals surface area (Å²) in [5.41, 5.74) is 6.81. The second-order valence-electron chi connectivity index (χ2n) is 3.70. The van der Waals surface area contributed by atoms with Gasteiger partial charge in [0, 0.05) is 15.0 Å². The molecule has 1 amide bonds. The van der Waals surface area contributed by atoms with Gasteiger partial charge in [0.1, 0.15) is 5.82 Å². The van der Waals surface area contributed by atoms with Crippen molar-refractivity contribution in [3.05, 3.63) is 44.3 Å². The lowest BCUT2D eigenvalue weighted by atomic mass is 10.3. The zero-order valence-corrected chi connectivity index (χ0v) is 11.9. The van der Waals surface area contributed by atoms with E-state index in [9.17, 15) is 9.18 Å². The summed E-state index contributed by atoms with van der Waals surface area (Å²) in [4.78, 5) is 13.4. The number of aryl methyl sites for hydroxylation is 1. The minimum absolute atomic E-state index is 0.257. The summed E-state index contributed by atoms with van der Waals surface area (Å²) in [5.74, 6) is -0.622. The molecule has 3 nitrogen and oxygen atoms in total. The fraction of sp³-hybridized carbons (Fsp3) is 0.0833. The van der Waals surface area contributed by atoms with E-state index >= 15 is 0 Å². The Balaban J connectivity index is 2.21. The lowest BCUT2D eigenvalue weighted by Crippen LogP contribution is -2.10. The Hall–Kier alpha value is -1.40. The maximum absolute atomic E-state index is 12.9. The van der Waals surface area contributed by atoms with Gasteiger partial charge in [-0.3, -0.25) is 4.79 Å². The molecule has 3 N–H and O–H groups in total. The average molecular weight is 329 g/mol. The van der Waals surface area contributed by atoms with Crippen molar-refractivity contribution in [2.75, 3.05) is 11.1 Å². The van der Waals surface area contributed by atoms with E-state index in [1.165, 1.54) is 29.5 Å². The fourth-order valence-corrected chi connectivity index (χ4v) is 2.67. The van der Waals surface area contributed by atoms with Crippen LogP contribution in [0.2, 0.25) is 0 Å². The first-order valence-electron chi connectivity index (χ1n) is 5.09. The molecule has 94 valence electrons. The molecule has 1 aromatic heterocycles. The smallest absolute Gasteiger partial charge is 0.265 e. The summed E-state index contributed by atoms with van der Waals surface area (Å²) in [6.45, 7) is 1.85. The number of hydrogen-bond acceptors (Lipinski definition) is 3. The summed E-state index contributed by atoms with van der Waals surface area (Å²) < 4.78 is 13.4. The van der Waals surface area contributed by atoms with Gasteiger partial charge in [0.05, 0.1) is 10.6 Å². The molecule has 6 heteroatoms. The van der Waals surface area contributed by atoms with E-state index in [2.05, 4.69) is 21.2 Å². The molecule has 18 heavy (non-hydrogen) atoms. The van der Waals surface area contributed by atoms with Crippen LogP contribution in [0.15, 0.2) is 28.7 Å². The van der Waals surface area contributed by atoms with Crippen molar-refractivity contribution in [1.29, 1.82) is 0 Å². The minimum atomic E-state index is -0.365. The van der Waals surface area contributed by atoms with Crippen molar-refractivity contribution in [2.45, 2.75) is 6.92 Å². The van der Waals surface area contributed by atoms with E-state index in [1.807, 2.05) is 6.92 Å². The maximum atomic E-state index is 12.9. The molecular formula is C12H10BrFN2OS. The van der Waals surface area contributed by atoms with Crippen LogP contribution >= 0.6 is 27.3 Å². The summed E-state index contributed by atoms with van der Waals surface area (Å²) in [5, 5.41) is 2.70. The molecule has 0 aliphatic heterocycles. The van der Waals surface area contributed by atoms with Gasteiger partial charge in [-0.15, -0.1) is 11.3 Å². The van der Waals surface area contributed by atoms with Crippen LogP contribution < -0.4 is 11.1 Å². The highest BCUT2D eigenvalue weighted by molar-refractivity contribution is 9.10. The standard InChI is InChI=1S/C12H10BrFN2OS/c1-6-9(15)5-11(18-6)12(17)16-10-3-2-7(14)4-8(10)13/h2-5H,15H2,1H3,(H,16,17). The Labute approximate surface area is 116 Å². The van der Waals surface area contributed by atoms with Gasteiger partial charge in [-0.2, -0.15) is 0 Å². The van der Waals surface area contributed by atoms with Crippen molar-refractivity contribution in [2.24, 2.45) is 0 Å². The second kappa shape index (κ2) is 5.07. The number of hydrogen-bond donors (Lipinski definition) is 2. The first-order valence-corrected chi connectivity index (χ1v) is 6.70. The van der Waals surface area contributed by atoms with Gasteiger partial charge in [-0.1, -0.05) is 0 Å².